The number of rotatable bonds is 9. The molecule has 0 saturated carbocycles. The molecule has 0 fully saturated rings. The van der Waals surface area contributed by atoms with Crippen molar-refractivity contribution in [3.8, 4) is 11.5 Å². The van der Waals surface area contributed by atoms with Crippen LogP contribution in [0.15, 0.2) is 54.6 Å². The van der Waals surface area contributed by atoms with E-state index in [1.807, 2.05) is 31.2 Å². The number of nitrogens with one attached hydrogen (secondary N) is 2. The van der Waals surface area contributed by atoms with Gasteiger partial charge in [-0.1, -0.05) is 40.9 Å². The Morgan fingerprint density at radius 1 is 0.939 bits per heavy atom. The fourth-order valence-corrected chi connectivity index (χ4v) is 3.38. The molecule has 0 aliphatic heterocycles. The van der Waals surface area contributed by atoms with Crippen molar-refractivity contribution in [2.45, 2.75) is 13.5 Å². The maximum Gasteiger partial charge on any atom is 0.337 e. The summed E-state index contributed by atoms with van der Waals surface area (Å²) in [5, 5.41) is 15.6. The number of anilines is 2. The predicted molar refractivity (Wildman–Crippen MR) is 129 cm³/mol. The molecule has 0 unspecified atom stereocenters. The SMILES string of the molecule is COc1cc(CNc2ccc(Cl)c(C(=O)O)c2)c(Cl)cc1OCC(=O)Nc1ccc(C)cc1. The van der Waals surface area contributed by atoms with Gasteiger partial charge < -0.3 is 25.2 Å². The Kier molecular flexibility index (Phi) is 8.03. The van der Waals surface area contributed by atoms with Crippen LogP contribution in [0, 0.1) is 6.92 Å². The van der Waals surface area contributed by atoms with Crippen molar-refractivity contribution < 1.29 is 24.2 Å². The molecule has 1 amide bonds. The lowest BCUT2D eigenvalue weighted by molar-refractivity contribution is -0.118. The smallest absolute Gasteiger partial charge is 0.337 e. The molecule has 3 N–H and O–H groups in total. The minimum Gasteiger partial charge on any atom is -0.493 e. The van der Waals surface area contributed by atoms with E-state index in [9.17, 15) is 14.7 Å². The van der Waals surface area contributed by atoms with Gasteiger partial charge in [0.25, 0.3) is 5.91 Å². The van der Waals surface area contributed by atoms with Crippen molar-refractivity contribution in [1.82, 2.24) is 0 Å². The van der Waals surface area contributed by atoms with Gasteiger partial charge in [0.1, 0.15) is 0 Å². The van der Waals surface area contributed by atoms with E-state index >= 15 is 0 Å². The number of amides is 1. The van der Waals surface area contributed by atoms with Crippen LogP contribution in [-0.4, -0.2) is 30.7 Å². The zero-order valence-corrected chi connectivity index (χ0v) is 19.5. The van der Waals surface area contributed by atoms with Crippen LogP contribution in [0.1, 0.15) is 21.5 Å². The molecule has 0 bridgehead atoms. The molecule has 3 rings (SSSR count). The summed E-state index contributed by atoms with van der Waals surface area (Å²) >= 11 is 12.3. The third-order valence-electron chi connectivity index (χ3n) is 4.71. The van der Waals surface area contributed by atoms with Gasteiger partial charge in [-0.05, 0) is 48.9 Å². The van der Waals surface area contributed by atoms with E-state index in [4.69, 9.17) is 32.7 Å². The van der Waals surface area contributed by atoms with Crippen LogP contribution in [-0.2, 0) is 11.3 Å². The molecule has 0 spiro atoms. The summed E-state index contributed by atoms with van der Waals surface area (Å²) in [5.41, 5.74) is 3.03. The van der Waals surface area contributed by atoms with Crippen LogP contribution in [0.3, 0.4) is 0 Å². The topological polar surface area (TPSA) is 96.9 Å². The summed E-state index contributed by atoms with van der Waals surface area (Å²) in [6, 6.07) is 15.3. The molecule has 3 aromatic rings. The Labute approximate surface area is 201 Å². The Hall–Kier alpha value is -3.42. The molecule has 0 radical (unpaired) electrons. The van der Waals surface area contributed by atoms with E-state index in [0.717, 1.165) is 5.56 Å². The number of carbonyl (C=O) groups is 2. The van der Waals surface area contributed by atoms with Gasteiger partial charge in [-0.3, -0.25) is 4.79 Å². The largest absolute Gasteiger partial charge is 0.493 e. The predicted octanol–water partition coefficient (Wildman–Crippen LogP) is 5.64. The summed E-state index contributed by atoms with van der Waals surface area (Å²) in [6.07, 6.45) is 0. The number of ether oxygens (including phenoxy) is 2. The molecular weight excluding hydrogens is 467 g/mol. The highest BCUT2D eigenvalue weighted by Gasteiger charge is 2.14. The van der Waals surface area contributed by atoms with E-state index in [-0.39, 0.29) is 23.1 Å². The molecule has 33 heavy (non-hydrogen) atoms. The summed E-state index contributed by atoms with van der Waals surface area (Å²) in [7, 11) is 1.48. The van der Waals surface area contributed by atoms with Crippen LogP contribution in [0.25, 0.3) is 0 Å². The summed E-state index contributed by atoms with van der Waals surface area (Å²) in [6.45, 7) is 2.04. The number of aromatic carboxylic acids is 1. The molecule has 0 saturated heterocycles. The number of aryl methyl sites for hydroxylation is 1. The Balaban J connectivity index is 1.65. The van der Waals surface area contributed by atoms with Gasteiger partial charge in [-0.15, -0.1) is 0 Å². The van der Waals surface area contributed by atoms with Crippen LogP contribution >= 0.6 is 23.2 Å². The van der Waals surface area contributed by atoms with Crippen molar-refractivity contribution in [1.29, 1.82) is 0 Å². The molecular formula is C24H22Cl2N2O5. The lowest BCUT2D eigenvalue weighted by atomic mass is 10.1. The lowest BCUT2D eigenvalue weighted by Gasteiger charge is -2.15. The first kappa shape index (κ1) is 24.2. The standard InChI is InChI=1S/C24H22Cl2N2O5/c1-14-3-5-16(6-4-14)28-23(29)13-33-22-11-20(26)15(9-21(22)32-2)12-27-17-7-8-19(25)18(10-17)24(30)31/h3-11,27H,12-13H2,1-2H3,(H,28,29)(H,30,31). The van der Waals surface area contributed by atoms with Crippen molar-refractivity contribution in [3.05, 3.63) is 81.3 Å². The average molecular weight is 489 g/mol. The number of carbonyl (C=O) groups excluding carboxylic acids is 1. The van der Waals surface area contributed by atoms with Crippen LogP contribution < -0.4 is 20.1 Å². The fraction of sp³-hybridized carbons (Fsp3) is 0.167. The number of benzene rings is 3. The molecule has 0 aliphatic carbocycles. The van der Waals surface area contributed by atoms with Gasteiger partial charge in [0.15, 0.2) is 18.1 Å². The zero-order valence-electron chi connectivity index (χ0n) is 17.9. The van der Waals surface area contributed by atoms with Gasteiger partial charge in [0.2, 0.25) is 0 Å². The van der Waals surface area contributed by atoms with E-state index in [1.54, 1.807) is 18.2 Å². The molecule has 3 aromatic carbocycles. The molecule has 7 nitrogen and oxygen atoms in total. The highest BCUT2D eigenvalue weighted by Crippen LogP contribution is 2.34. The van der Waals surface area contributed by atoms with Crippen LogP contribution in [0.5, 0.6) is 11.5 Å². The molecule has 0 aromatic heterocycles. The second-order valence-corrected chi connectivity index (χ2v) is 7.97. The summed E-state index contributed by atoms with van der Waals surface area (Å²) < 4.78 is 11.0. The summed E-state index contributed by atoms with van der Waals surface area (Å²) in [4.78, 5) is 23.5. The maximum atomic E-state index is 12.2. The number of methoxy groups -OCH3 is 1. The monoisotopic (exact) mass is 488 g/mol. The van der Waals surface area contributed by atoms with Gasteiger partial charge in [-0.25, -0.2) is 4.79 Å². The Morgan fingerprint density at radius 3 is 2.30 bits per heavy atom. The average Bonchev–Trinajstić information content (AvgIpc) is 2.79. The highest BCUT2D eigenvalue weighted by atomic mass is 35.5. The van der Waals surface area contributed by atoms with Crippen molar-refractivity contribution >= 4 is 46.5 Å². The third-order valence-corrected chi connectivity index (χ3v) is 5.39. The quantitative estimate of drug-likeness (QED) is 0.360. The summed E-state index contributed by atoms with van der Waals surface area (Å²) in [5.74, 6) is -0.706. The van der Waals surface area contributed by atoms with Gasteiger partial charge in [-0.2, -0.15) is 0 Å². The minimum absolute atomic E-state index is 0.00185. The molecule has 0 heterocycles. The molecule has 0 aliphatic rings. The van der Waals surface area contributed by atoms with Crippen molar-refractivity contribution in [2.75, 3.05) is 24.4 Å². The van der Waals surface area contributed by atoms with E-state index in [0.29, 0.717) is 40.0 Å². The zero-order chi connectivity index (χ0) is 24.0. The van der Waals surface area contributed by atoms with E-state index in [2.05, 4.69) is 10.6 Å². The number of hydrogen-bond acceptors (Lipinski definition) is 5. The van der Waals surface area contributed by atoms with Gasteiger partial charge in [0, 0.05) is 29.0 Å². The van der Waals surface area contributed by atoms with Gasteiger partial charge >= 0.3 is 5.97 Å². The molecule has 172 valence electrons. The fourth-order valence-electron chi connectivity index (χ4n) is 2.96. The van der Waals surface area contributed by atoms with Crippen molar-refractivity contribution in [2.24, 2.45) is 0 Å². The van der Waals surface area contributed by atoms with Crippen molar-refractivity contribution in [3.63, 3.8) is 0 Å². The first-order chi connectivity index (χ1) is 15.8. The first-order valence-electron chi connectivity index (χ1n) is 9.89. The number of halogens is 2. The Morgan fingerprint density at radius 2 is 1.64 bits per heavy atom. The first-order valence-corrected chi connectivity index (χ1v) is 10.6. The highest BCUT2D eigenvalue weighted by molar-refractivity contribution is 6.33. The maximum absolute atomic E-state index is 12.2. The number of carboxylic acid groups (broad SMARTS) is 1. The molecule has 9 heteroatoms. The Bertz CT molecular complexity index is 1170. The third kappa shape index (κ3) is 6.54. The van der Waals surface area contributed by atoms with Gasteiger partial charge in [0.05, 0.1) is 17.7 Å². The minimum atomic E-state index is -1.11. The van der Waals surface area contributed by atoms with Crippen LogP contribution in [0.2, 0.25) is 10.0 Å². The molecule has 0 atom stereocenters. The number of hydrogen-bond donors (Lipinski definition) is 3. The van der Waals surface area contributed by atoms with E-state index in [1.165, 1.54) is 19.2 Å². The lowest BCUT2D eigenvalue weighted by Crippen LogP contribution is -2.20. The second-order valence-electron chi connectivity index (χ2n) is 7.15. The number of carboxylic acids is 1. The normalized spacial score (nSPS) is 10.4. The van der Waals surface area contributed by atoms with E-state index < -0.39 is 5.97 Å². The second kappa shape index (κ2) is 10.9. The van der Waals surface area contributed by atoms with Crippen LogP contribution in [0.4, 0.5) is 11.4 Å².